The van der Waals surface area contributed by atoms with Crippen LogP contribution in [-0.2, 0) is 9.63 Å². The molecule has 56 valence electrons. The van der Waals surface area contributed by atoms with E-state index in [0.717, 1.165) is 0 Å². The summed E-state index contributed by atoms with van der Waals surface area (Å²) in [6.45, 7) is 0. The van der Waals surface area contributed by atoms with Crippen LogP contribution in [0.1, 0.15) is 19.3 Å². The van der Waals surface area contributed by atoms with Crippen LogP contribution in [0.4, 0.5) is 0 Å². The first kappa shape index (κ1) is 6.98. The fourth-order valence-electron chi connectivity index (χ4n) is 0.999. The Morgan fingerprint density at radius 2 is 2.40 bits per heavy atom. The first-order valence-corrected chi connectivity index (χ1v) is 3.04. The maximum atomic E-state index is 10.7. The molecule has 1 rings (SSSR count). The molecule has 0 aromatic rings. The van der Waals surface area contributed by atoms with Crippen LogP contribution in [0.25, 0.3) is 0 Å². The fourth-order valence-corrected chi connectivity index (χ4v) is 0.999. The number of hydrogen-bond acceptors (Lipinski definition) is 4. The highest BCUT2D eigenvalue weighted by molar-refractivity contribution is 5.84. The quantitative estimate of drug-likeness (QED) is 0.414. The third-order valence-corrected chi connectivity index (χ3v) is 1.46. The van der Waals surface area contributed by atoms with Gasteiger partial charge < -0.3 is 4.84 Å². The number of ketones is 1. The van der Waals surface area contributed by atoms with Gasteiger partial charge in [0.25, 0.3) is 5.09 Å². The van der Waals surface area contributed by atoms with E-state index in [1.807, 2.05) is 0 Å². The molecule has 1 aliphatic carbocycles. The Morgan fingerprint density at radius 3 is 2.80 bits per heavy atom. The predicted molar refractivity (Wildman–Crippen MR) is 30.7 cm³/mol. The summed E-state index contributed by atoms with van der Waals surface area (Å²) in [5, 5.41) is 8.82. The summed E-state index contributed by atoms with van der Waals surface area (Å²) in [5.74, 6) is -0.156. The molecule has 0 radical (unpaired) electrons. The summed E-state index contributed by atoms with van der Waals surface area (Å²) < 4.78 is 0. The fraction of sp³-hybridized carbons (Fsp3) is 0.800. The monoisotopic (exact) mass is 145 g/mol. The van der Waals surface area contributed by atoms with Crippen LogP contribution in [0.15, 0.2) is 0 Å². The molecular formula is C5H7NO4. The van der Waals surface area contributed by atoms with Crippen molar-refractivity contribution in [2.75, 3.05) is 0 Å². The van der Waals surface area contributed by atoms with Gasteiger partial charge in [-0.1, -0.05) is 0 Å². The molecule has 0 aliphatic heterocycles. The lowest BCUT2D eigenvalue weighted by atomic mass is 10.3. The minimum absolute atomic E-state index is 0.156. The van der Waals surface area contributed by atoms with E-state index in [-0.39, 0.29) is 5.78 Å². The average Bonchev–Trinajstić information content (AvgIpc) is 2.15. The van der Waals surface area contributed by atoms with Gasteiger partial charge >= 0.3 is 0 Å². The zero-order chi connectivity index (χ0) is 7.56. The van der Waals surface area contributed by atoms with Crippen LogP contribution in [0, 0.1) is 10.1 Å². The van der Waals surface area contributed by atoms with Gasteiger partial charge in [0.15, 0.2) is 11.9 Å². The number of Topliss-reactive ketones (excluding diaryl/α,β-unsaturated/α-hetero) is 1. The zero-order valence-corrected chi connectivity index (χ0v) is 5.28. The second-order valence-electron chi connectivity index (χ2n) is 2.18. The second-order valence-corrected chi connectivity index (χ2v) is 2.18. The summed E-state index contributed by atoms with van der Waals surface area (Å²) in [5.41, 5.74) is 0. The number of hydrogen-bond donors (Lipinski definition) is 0. The highest BCUT2D eigenvalue weighted by Crippen LogP contribution is 2.17. The molecule has 0 heterocycles. The Balaban J connectivity index is 2.40. The van der Waals surface area contributed by atoms with E-state index in [4.69, 9.17) is 0 Å². The Morgan fingerprint density at radius 1 is 1.70 bits per heavy atom. The highest BCUT2D eigenvalue weighted by Gasteiger charge is 2.27. The summed E-state index contributed by atoms with van der Waals surface area (Å²) in [4.78, 5) is 24.5. The average molecular weight is 145 g/mol. The number of nitrogens with zero attached hydrogens (tertiary/aromatic N) is 1. The predicted octanol–water partition coefficient (Wildman–Crippen LogP) is 0.316. The lowest BCUT2D eigenvalue weighted by Gasteiger charge is -2.02. The van der Waals surface area contributed by atoms with Crippen molar-refractivity contribution in [1.82, 2.24) is 0 Å². The minimum atomic E-state index is -0.909. The van der Waals surface area contributed by atoms with Gasteiger partial charge in [-0.2, -0.15) is 0 Å². The molecule has 0 N–H and O–H groups in total. The van der Waals surface area contributed by atoms with Gasteiger partial charge in [0.1, 0.15) is 0 Å². The van der Waals surface area contributed by atoms with Gasteiger partial charge in [-0.25, -0.2) is 0 Å². The van der Waals surface area contributed by atoms with Gasteiger partial charge in [-0.3, -0.25) is 4.79 Å². The molecule has 5 heteroatoms. The molecule has 10 heavy (non-hydrogen) atoms. The van der Waals surface area contributed by atoms with Crippen LogP contribution in [-0.4, -0.2) is 17.0 Å². The van der Waals surface area contributed by atoms with Crippen molar-refractivity contribution in [2.24, 2.45) is 0 Å². The zero-order valence-electron chi connectivity index (χ0n) is 5.28. The maximum Gasteiger partial charge on any atom is 0.295 e. The van der Waals surface area contributed by atoms with E-state index in [1.165, 1.54) is 0 Å². The summed E-state index contributed by atoms with van der Waals surface area (Å²) in [7, 11) is 0. The third kappa shape index (κ3) is 1.43. The molecule has 0 spiro atoms. The molecule has 1 atom stereocenters. The Kier molecular flexibility index (Phi) is 1.84. The summed E-state index contributed by atoms with van der Waals surface area (Å²) in [6.07, 6.45) is 0.824. The molecule has 5 nitrogen and oxygen atoms in total. The molecule has 1 unspecified atom stereocenters. The molecular weight excluding hydrogens is 138 g/mol. The topological polar surface area (TPSA) is 69.4 Å². The molecule has 1 fully saturated rings. The molecule has 1 aliphatic rings. The molecule has 0 bridgehead atoms. The van der Waals surface area contributed by atoms with Gasteiger partial charge in [0.05, 0.1) is 0 Å². The Bertz CT molecular complexity index is 167. The molecule has 0 aromatic heterocycles. The first-order valence-electron chi connectivity index (χ1n) is 3.04. The lowest BCUT2D eigenvalue weighted by Crippen LogP contribution is -2.20. The molecule has 0 aromatic carbocycles. The van der Waals surface area contributed by atoms with Gasteiger partial charge in [0, 0.05) is 6.42 Å². The maximum absolute atomic E-state index is 10.7. The van der Waals surface area contributed by atoms with Crippen molar-refractivity contribution in [3.8, 4) is 0 Å². The van der Waals surface area contributed by atoms with E-state index in [1.54, 1.807) is 0 Å². The van der Waals surface area contributed by atoms with E-state index in [2.05, 4.69) is 4.84 Å². The van der Waals surface area contributed by atoms with Crippen molar-refractivity contribution < 1.29 is 14.7 Å². The van der Waals surface area contributed by atoms with Gasteiger partial charge in [0.2, 0.25) is 0 Å². The van der Waals surface area contributed by atoms with Gasteiger partial charge in [-0.05, 0) is 12.8 Å². The first-order chi connectivity index (χ1) is 4.70. The molecule has 1 saturated carbocycles. The Hall–Kier alpha value is -1.13. The number of rotatable bonds is 2. The summed E-state index contributed by atoms with van der Waals surface area (Å²) in [6, 6.07) is 0. The van der Waals surface area contributed by atoms with Crippen molar-refractivity contribution in [3.05, 3.63) is 10.1 Å². The van der Waals surface area contributed by atoms with Crippen LogP contribution >= 0.6 is 0 Å². The minimum Gasteiger partial charge on any atom is -0.303 e. The van der Waals surface area contributed by atoms with Crippen LogP contribution in [0.3, 0.4) is 0 Å². The Labute approximate surface area is 57.1 Å². The SMILES string of the molecule is O=C1CCCC1O[N+](=O)[O-]. The van der Waals surface area contributed by atoms with E-state index >= 15 is 0 Å². The second kappa shape index (κ2) is 2.64. The van der Waals surface area contributed by atoms with Crippen LogP contribution in [0.5, 0.6) is 0 Å². The van der Waals surface area contributed by atoms with Crippen molar-refractivity contribution >= 4 is 5.78 Å². The number of carbonyl (C=O) groups is 1. The number of carbonyl (C=O) groups excluding carboxylic acids is 1. The molecule has 0 saturated heterocycles. The van der Waals surface area contributed by atoms with Crippen LogP contribution < -0.4 is 0 Å². The van der Waals surface area contributed by atoms with Gasteiger partial charge in [-0.15, -0.1) is 10.1 Å². The smallest absolute Gasteiger partial charge is 0.295 e. The lowest BCUT2D eigenvalue weighted by molar-refractivity contribution is -0.764. The third-order valence-electron chi connectivity index (χ3n) is 1.46. The van der Waals surface area contributed by atoms with E-state index < -0.39 is 11.2 Å². The van der Waals surface area contributed by atoms with Crippen molar-refractivity contribution in [3.63, 3.8) is 0 Å². The largest absolute Gasteiger partial charge is 0.303 e. The van der Waals surface area contributed by atoms with Crippen molar-refractivity contribution in [1.29, 1.82) is 0 Å². The summed E-state index contributed by atoms with van der Waals surface area (Å²) >= 11 is 0. The standard InChI is InChI=1S/C5H7NO4/c7-4-2-1-3-5(4)10-6(8)9/h5H,1-3H2. The van der Waals surface area contributed by atoms with E-state index in [9.17, 15) is 14.9 Å². The van der Waals surface area contributed by atoms with E-state index in [0.29, 0.717) is 19.3 Å². The normalized spacial score (nSPS) is 24.8. The highest BCUT2D eigenvalue weighted by atomic mass is 17.0. The van der Waals surface area contributed by atoms with Crippen LogP contribution in [0.2, 0.25) is 0 Å². The molecule has 0 amide bonds. The van der Waals surface area contributed by atoms with Crippen molar-refractivity contribution in [2.45, 2.75) is 25.4 Å².